The predicted molar refractivity (Wildman–Crippen MR) is 271 cm³/mol. The monoisotopic (exact) mass is 884 g/mol. The molecule has 61 heavy (non-hydrogen) atoms. The molecule has 12 aromatic rings. The summed E-state index contributed by atoms with van der Waals surface area (Å²) in [6, 6.07) is 83.1. The van der Waals surface area contributed by atoms with Gasteiger partial charge in [0.25, 0.3) is 0 Å². The van der Waals surface area contributed by atoms with E-state index < -0.39 is 0 Å². The van der Waals surface area contributed by atoms with E-state index in [1.165, 1.54) is 124 Å². The van der Waals surface area contributed by atoms with Crippen LogP contribution in [0, 0.1) is 3.57 Å². The van der Waals surface area contributed by atoms with Crippen molar-refractivity contribution in [3.63, 3.8) is 0 Å². The Bertz CT molecular complexity index is 3690. The summed E-state index contributed by atoms with van der Waals surface area (Å²) in [6.07, 6.45) is 0. The largest absolute Gasteiger partial charge is 0.0616 e. The van der Waals surface area contributed by atoms with Gasteiger partial charge in [0.05, 0.1) is 0 Å². The first-order valence-electron chi connectivity index (χ1n) is 20.9. The van der Waals surface area contributed by atoms with Gasteiger partial charge in [-0.2, -0.15) is 0 Å². The molecule has 12 aromatic carbocycles. The molecular formula is C60H37I. The fraction of sp³-hybridized carbons (Fsp3) is 0. The molecule has 12 rings (SSSR count). The Balaban J connectivity index is 1.02. The maximum absolute atomic E-state index is 2.65. The van der Waals surface area contributed by atoms with E-state index in [1.54, 1.807) is 0 Å². The zero-order chi connectivity index (χ0) is 40.4. The van der Waals surface area contributed by atoms with E-state index >= 15 is 0 Å². The third kappa shape index (κ3) is 6.19. The summed E-state index contributed by atoms with van der Waals surface area (Å²) in [5.74, 6) is 0. The Morgan fingerprint density at radius 1 is 0.213 bits per heavy atom. The lowest BCUT2D eigenvalue weighted by atomic mass is 9.86. The smallest absolute Gasteiger partial charge is 0.0294 e. The second kappa shape index (κ2) is 14.6. The fourth-order valence-electron chi connectivity index (χ4n) is 9.53. The number of hydrogen-bond donors (Lipinski definition) is 0. The maximum atomic E-state index is 2.65. The highest BCUT2D eigenvalue weighted by Gasteiger charge is 2.19. The molecular weight excluding hydrogens is 848 g/mol. The van der Waals surface area contributed by atoms with E-state index in [1.807, 2.05) is 0 Å². The van der Waals surface area contributed by atoms with E-state index in [9.17, 15) is 0 Å². The molecule has 0 spiro atoms. The van der Waals surface area contributed by atoms with Crippen molar-refractivity contribution in [1.82, 2.24) is 0 Å². The summed E-state index contributed by atoms with van der Waals surface area (Å²) in [5, 5.41) is 15.2. The van der Waals surface area contributed by atoms with Crippen molar-refractivity contribution in [3.8, 4) is 55.6 Å². The average Bonchev–Trinajstić information content (AvgIpc) is 3.33. The molecule has 0 radical (unpaired) electrons. The van der Waals surface area contributed by atoms with Gasteiger partial charge in [0, 0.05) is 9.13 Å². The molecule has 1 heteroatoms. The zero-order valence-electron chi connectivity index (χ0n) is 33.2. The van der Waals surface area contributed by atoms with Crippen LogP contribution in [0.1, 0.15) is 0 Å². The lowest BCUT2D eigenvalue weighted by Crippen LogP contribution is -1.93. The van der Waals surface area contributed by atoms with Gasteiger partial charge in [-0.05, 0) is 168 Å². The molecule has 0 unspecified atom stereocenters. The van der Waals surface area contributed by atoms with Gasteiger partial charge in [-0.1, -0.05) is 194 Å². The Morgan fingerprint density at radius 2 is 0.574 bits per heavy atom. The number of benzene rings is 12. The highest BCUT2D eigenvalue weighted by molar-refractivity contribution is 14.1. The Morgan fingerprint density at radius 3 is 1.11 bits per heavy atom. The van der Waals surface area contributed by atoms with E-state index in [0.717, 1.165) is 0 Å². The first-order chi connectivity index (χ1) is 30.1. The van der Waals surface area contributed by atoms with Crippen LogP contribution in [0.25, 0.3) is 120 Å². The Labute approximate surface area is 368 Å². The molecule has 0 aliphatic carbocycles. The van der Waals surface area contributed by atoms with E-state index in [4.69, 9.17) is 0 Å². The van der Waals surface area contributed by atoms with Gasteiger partial charge in [0.1, 0.15) is 0 Å². The van der Waals surface area contributed by atoms with Gasteiger partial charge in [-0.3, -0.25) is 0 Å². The van der Waals surface area contributed by atoms with Crippen molar-refractivity contribution in [2.24, 2.45) is 0 Å². The molecule has 0 nitrogen and oxygen atoms in total. The van der Waals surface area contributed by atoms with Crippen LogP contribution in [-0.2, 0) is 0 Å². The predicted octanol–water partition coefficient (Wildman–Crippen LogP) is 17.5. The number of halogens is 1. The summed E-state index contributed by atoms with van der Waals surface area (Å²) in [6.45, 7) is 0. The molecule has 0 N–H and O–H groups in total. The highest BCUT2D eigenvalue weighted by atomic mass is 127. The Hall–Kier alpha value is -7.07. The molecule has 0 bridgehead atoms. The summed E-state index contributed by atoms with van der Waals surface area (Å²) < 4.78 is 1.26. The summed E-state index contributed by atoms with van der Waals surface area (Å²) in [5.41, 5.74) is 12.3. The van der Waals surface area contributed by atoms with Gasteiger partial charge in [0.2, 0.25) is 0 Å². The molecule has 0 aromatic heterocycles. The van der Waals surface area contributed by atoms with Crippen LogP contribution >= 0.6 is 22.6 Å². The Kier molecular flexibility index (Phi) is 8.57. The normalized spacial score (nSPS) is 11.7. The topological polar surface area (TPSA) is 0 Å². The minimum Gasteiger partial charge on any atom is -0.0616 e. The number of fused-ring (bicyclic) bond motifs is 8. The van der Waals surface area contributed by atoms with Gasteiger partial charge in [0.15, 0.2) is 0 Å². The van der Waals surface area contributed by atoms with E-state index in [-0.39, 0.29) is 0 Å². The van der Waals surface area contributed by atoms with Gasteiger partial charge < -0.3 is 0 Å². The maximum Gasteiger partial charge on any atom is 0.0294 e. The summed E-state index contributed by atoms with van der Waals surface area (Å²) >= 11 is 2.65. The second-order valence-electron chi connectivity index (χ2n) is 16.2. The molecule has 0 aliphatic heterocycles. The molecule has 0 fully saturated rings. The summed E-state index contributed by atoms with van der Waals surface area (Å²) in [7, 11) is 0. The van der Waals surface area contributed by atoms with Crippen molar-refractivity contribution >= 4 is 87.2 Å². The molecule has 0 aliphatic rings. The molecule has 284 valence electrons. The quantitative estimate of drug-likeness (QED) is 0.119. The number of hydrogen-bond acceptors (Lipinski definition) is 0. The standard InChI is InChI=1S/C60H37I/c61-60-58-36-49(43-23-19-41(20-24-43)47-28-26-39-10-2-4-12-45(39)34-47)30-32-55(58)54-31-29-48(42-21-17-40(18-22-42)46-27-25-38-9-1-3-11-44(38)33-46)35-56(54)59(60)57-37-50-13-5-6-14-51(50)52-15-7-8-16-53(52)57/h1-37H. The molecule has 0 heterocycles. The first kappa shape index (κ1) is 35.8. The van der Waals surface area contributed by atoms with Crippen LogP contribution in [0.5, 0.6) is 0 Å². The van der Waals surface area contributed by atoms with Crippen molar-refractivity contribution in [3.05, 3.63) is 228 Å². The minimum atomic E-state index is 1.21. The van der Waals surface area contributed by atoms with Crippen molar-refractivity contribution in [2.75, 3.05) is 0 Å². The van der Waals surface area contributed by atoms with Crippen molar-refractivity contribution in [1.29, 1.82) is 0 Å². The zero-order valence-corrected chi connectivity index (χ0v) is 35.4. The molecule has 0 atom stereocenters. The van der Waals surface area contributed by atoms with Gasteiger partial charge in [-0.25, -0.2) is 0 Å². The van der Waals surface area contributed by atoms with Crippen LogP contribution in [-0.4, -0.2) is 0 Å². The van der Waals surface area contributed by atoms with Gasteiger partial charge >= 0.3 is 0 Å². The molecule has 0 saturated heterocycles. The third-order valence-corrected chi connectivity index (χ3v) is 13.8. The van der Waals surface area contributed by atoms with Crippen LogP contribution in [0.2, 0.25) is 0 Å². The fourth-order valence-corrected chi connectivity index (χ4v) is 10.6. The first-order valence-corrected chi connectivity index (χ1v) is 22.0. The van der Waals surface area contributed by atoms with Crippen LogP contribution in [0.4, 0.5) is 0 Å². The lowest BCUT2D eigenvalue weighted by molar-refractivity contribution is 1.60. The SMILES string of the molecule is Ic1c(-c2cc3ccccc3c3ccccc23)c2cc(-c3ccc(-c4ccc5ccccc5c4)cc3)ccc2c2ccc(-c3ccc(-c4ccc5ccccc5c4)cc3)cc12. The van der Waals surface area contributed by atoms with Crippen LogP contribution in [0.3, 0.4) is 0 Å². The van der Waals surface area contributed by atoms with E-state index in [2.05, 4.69) is 247 Å². The molecule has 0 amide bonds. The van der Waals surface area contributed by atoms with Crippen LogP contribution < -0.4 is 0 Å². The lowest BCUT2D eigenvalue weighted by Gasteiger charge is -2.19. The number of rotatable bonds is 5. The highest BCUT2D eigenvalue weighted by Crippen LogP contribution is 2.46. The van der Waals surface area contributed by atoms with Crippen molar-refractivity contribution in [2.45, 2.75) is 0 Å². The van der Waals surface area contributed by atoms with Gasteiger partial charge in [-0.15, -0.1) is 0 Å². The van der Waals surface area contributed by atoms with Crippen LogP contribution in [0.15, 0.2) is 224 Å². The van der Waals surface area contributed by atoms with Crippen molar-refractivity contribution < 1.29 is 0 Å². The molecule has 0 saturated carbocycles. The second-order valence-corrected chi connectivity index (χ2v) is 17.3. The average molecular weight is 885 g/mol. The minimum absolute atomic E-state index is 1.21. The van der Waals surface area contributed by atoms with E-state index in [0.29, 0.717) is 0 Å². The summed E-state index contributed by atoms with van der Waals surface area (Å²) in [4.78, 5) is 0. The third-order valence-electron chi connectivity index (χ3n) is 12.7.